The minimum atomic E-state index is -0.561. The van der Waals surface area contributed by atoms with Gasteiger partial charge in [0.25, 0.3) is 0 Å². The van der Waals surface area contributed by atoms with E-state index < -0.39 is 5.41 Å². The lowest BCUT2D eigenvalue weighted by Gasteiger charge is -2.35. The monoisotopic (exact) mass is 871 g/mol. The number of hydrogen-bond donors (Lipinski definition) is 0. The van der Waals surface area contributed by atoms with Gasteiger partial charge in [0.1, 0.15) is 0 Å². The molecule has 1 heteroatoms. The van der Waals surface area contributed by atoms with Crippen LogP contribution < -0.4 is 4.90 Å². The van der Waals surface area contributed by atoms with Crippen LogP contribution in [0, 0.1) is 0 Å². The summed E-state index contributed by atoms with van der Waals surface area (Å²) in [4.78, 5) is 2.48. The highest BCUT2D eigenvalue weighted by Gasteiger charge is 2.47. The van der Waals surface area contributed by atoms with Gasteiger partial charge in [-0.1, -0.05) is 238 Å². The van der Waals surface area contributed by atoms with Crippen molar-refractivity contribution in [3.05, 3.63) is 283 Å². The smallest absolute Gasteiger partial charge is 0.0714 e. The van der Waals surface area contributed by atoms with E-state index in [1.165, 1.54) is 116 Å². The van der Waals surface area contributed by atoms with Crippen molar-refractivity contribution in [2.24, 2.45) is 0 Å². The fourth-order valence-corrected chi connectivity index (χ4v) is 11.6. The zero-order valence-electron chi connectivity index (χ0n) is 38.3. The van der Waals surface area contributed by atoms with Crippen LogP contribution in [0.4, 0.5) is 17.1 Å². The second kappa shape index (κ2) is 18.0. The van der Waals surface area contributed by atoms with Gasteiger partial charge in [-0.05, 0) is 139 Å². The zero-order valence-corrected chi connectivity index (χ0v) is 38.3. The Morgan fingerprint density at radius 1 is 0.309 bits per heavy atom. The summed E-state index contributed by atoms with van der Waals surface area (Å²) < 4.78 is 0. The van der Waals surface area contributed by atoms with E-state index in [2.05, 4.69) is 260 Å². The first-order valence-electron chi connectivity index (χ1n) is 24.4. The van der Waals surface area contributed by atoms with Crippen LogP contribution in [0.1, 0.15) is 65.8 Å². The topological polar surface area (TPSA) is 3.24 Å². The van der Waals surface area contributed by atoms with Crippen molar-refractivity contribution in [1.29, 1.82) is 0 Å². The summed E-state index contributed by atoms with van der Waals surface area (Å²) in [6, 6.07) is 94.7. The van der Waals surface area contributed by atoms with E-state index in [1.54, 1.807) is 0 Å². The second-order valence-electron chi connectivity index (χ2n) is 18.6. The Morgan fingerprint density at radius 3 is 1.31 bits per heavy atom. The molecule has 1 saturated carbocycles. The summed E-state index contributed by atoms with van der Waals surface area (Å²) in [5, 5.41) is 0. The predicted molar refractivity (Wildman–Crippen MR) is 286 cm³/mol. The van der Waals surface area contributed by atoms with E-state index in [9.17, 15) is 0 Å². The van der Waals surface area contributed by atoms with Gasteiger partial charge >= 0.3 is 0 Å². The summed E-state index contributed by atoms with van der Waals surface area (Å²) in [6.07, 6.45) is 6.54. The molecule has 0 aliphatic heterocycles. The van der Waals surface area contributed by atoms with Crippen LogP contribution in [-0.2, 0) is 5.41 Å². The van der Waals surface area contributed by atoms with E-state index in [0.29, 0.717) is 5.92 Å². The third-order valence-corrected chi connectivity index (χ3v) is 14.8. The first-order chi connectivity index (χ1) is 33.8. The van der Waals surface area contributed by atoms with Crippen molar-refractivity contribution in [3.8, 4) is 55.6 Å². The Morgan fingerprint density at radius 2 is 0.750 bits per heavy atom. The third kappa shape index (κ3) is 7.27. The molecule has 10 aromatic rings. The van der Waals surface area contributed by atoms with E-state index in [-0.39, 0.29) is 0 Å². The van der Waals surface area contributed by atoms with Crippen LogP contribution in [0.3, 0.4) is 0 Å². The summed E-state index contributed by atoms with van der Waals surface area (Å²) in [6.45, 7) is 0. The molecule has 1 fully saturated rings. The number of hydrogen-bond acceptors (Lipinski definition) is 1. The number of rotatable bonds is 10. The van der Waals surface area contributed by atoms with Crippen molar-refractivity contribution in [2.45, 2.75) is 43.4 Å². The van der Waals surface area contributed by atoms with Crippen LogP contribution in [0.5, 0.6) is 0 Å². The first-order valence-corrected chi connectivity index (χ1v) is 24.4. The molecule has 0 bridgehead atoms. The molecule has 10 aromatic carbocycles. The van der Waals surface area contributed by atoms with Crippen LogP contribution >= 0.6 is 0 Å². The largest absolute Gasteiger partial charge is 0.310 e. The highest BCUT2D eigenvalue weighted by Crippen LogP contribution is 2.59. The quantitative estimate of drug-likeness (QED) is 0.132. The molecule has 2 aliphatic rings. The third-order valence-electron chi connectivity index (χ3n) is 14.8. The van der Waals surface area contributed by atoms with Gasteiger partial charge in [0.05, 0.1) is 5.41 Å². The lowest BCUT2D eigenvalue weighted by Crippen LogP contribution is -2.28. The van der Waals surface area contributed by atoms with Gasteiger partial charge in [0, 0.05) is 17.1 Å². The van der Waals surface area contributed by atoms with E-state index >= 15 is 0 Å². The number of nitrogens with zero attached hydrogens (tertiary/aromatic N) is 1. The molecule has 12 rings (SSSR count). The highest BCUT2D eigenvalue weighted by molar-refractivity contribution is 5.97. The summed E-state index contributed by atoms with van der Waals surface area (Å²) >= 11 is 0. The van der Waals surface area contributed by atoms with Crippen LogP contribution in [0.25, 0.3) is 55.6 Å². The Bertz CT molecular complexity index is 3290. The van der Waals surface area contributed by atoms with Gasteiger partial charge in [-0.2, -0.15) is 0 Å². The molecule has 1 nitrogen and oxygen atoms in total. The zero-order chi connectivity index (χ0) is 45.3. The molecule has 0 aromatic heterocycles. The van der Waals surface area contributed by atoms with E-state index in [1.807, 2.05) is 0 Å². The molecule has 2 aliphatic carbocycles. The molecule has 0 heterocycles. The Balaban J connectivity index is 1.04. The fourth-order valence-electron chi connectivity index (χ4n) is 11.6. The number of fused-ring (bicyclic) bond motifs is 3. The Kier molecular flexibility index (Phi) is 11.0. The second-order valence-corrected chi connectivity index (χ2v) is 18.6. The average molecular weight is 872 g/mol. The van der Waals surface area contributed by atoms with Crippen LogP contribution in [0.15, 0.2) is 255 Å². The maximum Gasteiger partial charge on any atom is 0.0714 e. The molecule has 0 radical (unpaired) electrons. The molecule has 0 atom stereocenters. The average Bonchev–Trinajstić information content (AvgIpc) is 3.73. The van der Waals surface area contributed by atoms with Gasteiger partial charge in [-0.15, -0.1) is 0 Å². The maximum atomic E-state index is 2.50. The first kappa shape index (κ1) is 41.4. The van der Waals surface area contributed by atoms with Crippen molar-refractivity contribution < 1.29 is 0 Å². The molecule has 0 N–H and O–H groups in total. The van der Waals surface area contributed by atoms with Crippen molar-refractivity contribution >= 4 is 17.1 Å². The standard InChI is InChI=1S/C67H53N/c1-6-21-48(22-7-1)49-37-41-55(42-38-49)68(56-43-39-52(40-44-56)59-32-17-19-34-62(59)61-33-18-16-31-58(61)50-23-8-2-9-24-50)57-45-46-63-65(47-57)67(53-27-12-4-13-28-53,54-29-14-5-15-30-54)64-36-20-35-60(66(63)64)51-25-10-3-11-26-51/h2-5,8-20,23-48H,1,6-7,21-22H2. The minimum Gasteiger partial charge on any atom is -0.310 e. The van der Waals surface area contributed by atoms with Crippen LogP contribution in [0.2, 0.25) is 0 Å². The minimum absolute atomic E-state index is 0.561. The summed E-state index contributed by atoms with van der Waals surface area (Å²) in [5.41, 5.74) is 21.8. The predicted octanol–water partition coefficient (Wildman–Crippen LogP) is 18.2. The molecule has 0 saturated heterocycles. The Labute approximate surface area is 401 Å². The normalized spacial score (nSPS) is 13.9. The lowest BCUT2D eigenvalue weighted by molar-refractivity contribution is 0.443. The summed E-state index contributed by atoms with van der Waals surface area (Å²) in [7, 11) is 0. The molecule has 326 valence electrons. The molecule has 0 unspecified atom stereocenters. The lowest BCUT2D eigenvalue weighted by atomic mass is 9.67. The fraction of sp³-hybridized carbons (Fsp3) is 0.104. The molecule has 68 heavy (non-hydrogen) atoms. The number of anilines is 3. The van der Waals surface area contributed by atoms with Gasteiger partial charge in [0.15, 0.2) is 0 Å². The molecular formula is C67H53N. The number of benzene rings is 10. The molecule has 0 amide bonds. The van der Waals surface area contributed by atoms with Gasteiger partial charge in [0.2, 0.25) is 0 Å². The van der Waals surface area contributed by atoms with E-state index in [4.69, 9.17) is 0 Å². The van der Waals surface area contributed by atoms with Gasteiger partial charge in [-0.3, -0.25) is 0 Å². The molecular weight excluding hydrogens is 819 g/mol. The highest BCUT2D eigenvalue weighted by atomic mass is 15.1. The van der Waals surface area contributed by atoms with Crippen molar-refractivity contribution in [1.82, 2.24) is 0 Å². The molecule has 0 spiro atoms. The van der Waals surface area contributed by atoms with Gasteiger partial charge < -0.3 is 4.90 Å². The maximum absolute atomic E-state index is 2.50. The summed E-state index contributed by atoms with van der Waals surface area (Å²) in [5.74, 6) is 0.632. The van der Waals surface area contributed by atoms with Crippen LogP contribution in [-0.4, -0.2) is 0 Å². The van der Waals surface area contributed by atoms with Crippen molar-refractivity contribution in [2.75, 3.05) is 4.90 Å². The Hall–Kier alpha value is -8.00. The van der Waals surface area contributed by atoms with E-state index in [0.717, 1.165) is 17.1 Å². The SMILES string of the molecule is c1ccc(-c2ccccc2-c2ccccc2-c2ccc(N(c3ccc(C4CCCCC4)cc3)c3ccc4c(c3)C(c3ccccc3)(c3ccccc3)c3cccc(-c5ccccc5)c3-4)cc2)cc1. The van der Waals surface area contributed by atoms with Gasteiger partial charge in [-0.25, -0.2) is 0 Å². The van der Waals surface area contributed by atoms with Crippen molar-refractivity contribution in [3.63, 3.8) is 0 Å².